The number of aromatic carboxylic acids is 1. The number of nitrogens with zero attached hydrogens (tertiary/aromatic N) is 2. The lowest BCUT2D eigenvalue weighted by molar-refractivity contribution is 0.0687. The minimum Gasteiger partial charge on any atom is -0.508 e. The summed E-state index contributed by atoms with van der Waals surface area (Å²) in [5.41, 5.74) is 0.729. The number of phenols is 1. The molecule has 0 aliphatic rings. The van der Waals surface area contributed by atoms with Crippen LogP contribution in [0.3, 0.4) is 0 Å². The van der Waals surface area contributed by atoms with Crippen molar-refractivity contribution in [2.45, 2.75) is 6.54 Å². The predicted octanol–water partition coefficient (Wildman–Crippen LogP) is 5.54. The number of carboxylic acid groups (broad SMARTS) is 1. The van der Waals surface area contributed by atoms with Crippen LogP contribution in [-0.2, 0) is 6.54 Å². The Labute approximate surface area is 205 Å². The first-order valence-electron chi connectivity index (χ1n) is 10.7. The van der Waals surface area contributed by atoms with E-state index in [9.17, 15) is 19.8 Å². The van der Waals surface area contributed by atoms with E-state index in [1.54, 1.807) is 18.2 Å². The molecule has 6 aromatic rings. The van der Waals surface area contributed by atoms with Crippen LogP contribution in [-0.4, -0.2) is 30.7 Å². The molecule has 10 heteroatoms. The number of carbonyl (C=O) groups is 1. The van der Waals surface area contributed by atoms with Crippen molar-refractivity contribution in [2.24, 2.45) is 0 Å². The summed E-state index contributed by atoms with van der Waals surface area (Å²) in [5, 5.41) is 21.3. The molecule has 0 saturated heterocycles. The molecule has 0 unspecified atom stereocenters. The highest BCUT2D eigenvalue weighted by atomic mass is 35.5. The third-order valence-electron chi connectivity index (χ3n) is 6.16. The smallest absolute Gasteiger partial charge is 0.353 e. The van der Waals surface area contributed by atoms with E-state index in [-0.39, 0.29) is 50.8 Å². The van der Waals surface area contributed by atoms with Crippen LogP contribution in [0.1, 0.15) is 16.1 Å². The van der Waals surface area contributed by atoms with Gasteiger partial charge in [0.25, 0.3) is 5.56 Å². The van der Waals surface area contributed by atoms with E-state index in [4.69, 9.17) is 16.0 Å². The Morgan fingerprint density at radius 3 is 2.81 bits per heavy atom. The van der Waals surface area contributed by atoms with Gasteiger partial charge in [0.05, 0.1) is 40.2 Å². The molecule has 0 atom stereocenters. The topological polar surface area (TPSA) is 121 Å². The first-order valence-corrected chi connectivity index (χ1v) is 11.1. The maximum absolute atomic E-state index is 15.1. The minimum absolute atomic E-state index is 0.0269. The van der Waals surface area contributed by atoms with Gasteiger partial charge < -0.3 is 24.2 Å². The summed E-state index contributed by atoms with van der Waals surface area (Å²) in [5.74, 6) is -1.90. The van der Waals surface area contributed by atoms with Crippen LogP contribution < -0.4 is 5.56 Å². The number of fused-ring (bicyclic) bond motifs is 4. The lowest BCUT2D eigenvalue weighted by Crippen LogP contribution is -2.14. The Hall–Kier alpha value is -4.63. The third kappa shape index (κ3) is 3.24. The average molecular weight is 504 g/mol. The van der Waals surface area contributed by atoms with E-state index in [2.05, 4.69) is 9.97 Å². The number of nitrogens with one attached hydrogen (secondary N) is 1. The Bertz CT molecular complexity index is 1920. The van der Waals surface area contributed by atoms with Gasteiger partial charge in [-0.25, -0.2) is 14.2 Å². The number of pyridine rings is 2. The number of phenolic OH excluding ortho intramolecular Hbond substituents is 1. The van der Waals surface area contributed by atoms with Gasteiger partial charge in [0.15, 0.2) is 0 Å². The molecular weight excluding hydrogens is 489 g/mol. The van der Waals surface area contributed by atoms with Gasteiger partial charge in [-0.3, -0.25) is 4.79 Å². The first-order chi connectivity index (χ1) is 17.3. The quantitative estimate of drug-likeness (QED) is 0.272. The highest BCUT2D eigenvalue weighted by Crippen LogP contribution is 2.40. The molecule has 0 aliphatic carbocycles. The molecule has 3 N–H and O–H groups in total. The van der Waals surface area contributed by atoms with Crippen molar-refractivity contribution in [1.29, 1.82) is 0 Å². The molecule has 0 fully saturated rings. The summed E-state index contributed by atoms with van der Waals surface area (Å²) >= 11 is 6.45. The zero-order chi connectivity index (χ0) is 25.1. The van der Waals surface area contributed by atoms with E-state index in [1.165, 1.54) is 47.4 Å². The average Bonchev–Trinajstić information content (AvgIpc) is 3.44. The number of carboxylic acids is 1. The second-order valence-electron chi connectivity index (χ2n) is 8.26. The predicted molar refractivity (Wildman–Crippen MR) is 132 cm³/mol. The van der Waals surface area contributed by atoms with Gasteiger partial charge in [0.2, 0.25) is 0 Å². The van der Waals surface area contributed by atoms with Gasteiger partial charge in [0.1, 0.15) is 28.0 Å². The van der Waals surface area contributed by atoms with Crippen molar-refractivity contribution in [3.63, 3.8) is 0 Å². The maximum atomic E-state index is 15.1. The summed E-state index contributed by atoms with van der Waals surface area (Å²) in [7, 11) is 0. The van der Waals surface area contributed by atoms with E-state index >= 15 is 4.39 Å². The molecule has 0 spiro atoms. The van der Waals surface area contributed by atoms with Crippen molar-refractivity contribution >= 4 is 50.3 Å². The van der Waals surface area contributed by atoms with Crippen molar-refractivity contribution in [2.75, 3.05) is 0 Å². The zero-order valence-electron chi connectivity index (χ0n) is 18.3. The van der Waals surface area contributed by atoms with Crippen LogP contribution in [0.2, 0.25) is 5.15 Å². The Morgan fingerprint density at radius 1 is 1.19 bits per heavy atom. The minimum atomic E-state index is -1.32. The van der Waals surface area contributed by atoms with Gasteiger partial charge in [-0.1, -0.05) is 11.6 Å². The number of aromatic amines is 1. The number of aromatic nitrogens is 3. The fraction of sp³-hybridized carbons (Fsp3) is 0.0385. The number of furan rings is 1. The van der Waals surface area contributed by atoms with E-state index in [1.807, 2.05) is 0 Å². The standard InChI is InChI=1S/C26H15ClFN3O5/c27-24-13(8-12-3-4-14(32)9-18(12)30-24)11-31-19-10-17(28)15-5-7-36-23(15)21(19)20(22(31)26(34)35)16-2-1-6-29-25(16)33/h1-10,32H,11H2,(H,29,33)(H,34,35). The van der Waals surface area contributed by atoms with Crippen molar-refractivity contribution < 1.29 is 23.8 Å². The number of H-pyrrole nitrogens is 1. The molecule has 36 heavy (non-hydrogen) atoms. The summed E-state index contributed by atoms with van der Waals surface area (Å²) in [6.45, 7) is -0.0861. The van der Waals surface area contributed by atoms with E-state index in [0.717, 1.165) is 0 Å². The van der Waals surface area contributed by atoms with Crippen LogP contribution in [0.4, 0.5) is 4.39 Å². The molecule has 4 heterocycles. The van der Waals surface area contributed by atoms with Crippen molar-refractivity contribution in [3.05, 3.63) is 93.6 Å². The Balaban J connectivity index is 1.71. The van der Waals surface area contributed by atoms with E-state index in [0.29, 0.717) is 21.9 Å². The van der Waals surface area contributed by atoms with Gasteiger partial charge in [-0.2, -0.15) is 0 Å². The van der Waals surface area contributed by atoms with Crippen molar-refractivity contribution in [3.8, 4) is 16.9 Å². The van der Waals surface area contributed by atoms with Crippen LogP contribution in [0.15, 0.2) is 70.2 Å². The third-order valence-corrected chi connectivity index (χ3v) is 6.49. The zero-order valence-corrected chi connectivity index (χ0v) is 19.0. The lowest BCUT2D eigenvalue weighted by atomic mass is 10.0. The second-order valence-corrected chi connectivity index (χ2v) is 8.62. The molecule has 0 radical (unpaired) electrons. The SMILES string of the molecule is O=C(O)c1c(-c2ccc[nH]c2=O)c2c3occc3c(F)cc2n1Cc1cc2ccc(O)cc2nc1Cl. The lowest BCUT2D eigenvalue weighted by Gasteiger charge is -2.12. The fourth-order valence-electron chi connectivity index (χ4n) is 4.63. The summed E-state index contributed by atoms with van der Waals surface area (Å²) in [6.07, 6.45) is 2.75. The molecule has 178 valence electrons. The van der Waals surface area contributed by atoms with Gasteiger partial charge >= 0.3 is 5.97 Å². The second kappa shape index (κ2) is 7.96. The molecule has 0 saturated carbocycles. The number of hydrogen-bond donors (Lipinski definition) is 3. The highest BCUT2D eigenvalue weighted by molar-refractivity contribution is 6.30. The molecule has 6 rings (SSSR count). The summed E-state index contributed by atoms with van der Waals surface area (Å²) < 4.78 is 22.0. The van der Waals surface area contributed by atoms with Crippen LogP contribution in [0, 0.1) is 5.82 Å². The number of aromatic hydroxyl groups is 1. The normalized spacial score (nSPS) is 11.6. The summed E-state index contributed by atoms with van der Waals surface area (Å²) in [6, 6.07) is 12.1. The number of rotatable bonds is 4. The van der Waals surface area contributed by atoms with Crippen LogP contribution in [0.5, 0.6) is 5.75 Å². The van der Waals surface area contributed by atoms with Gasteiger partial charge in [-0.05, 0) is 42.5 Å². The highest BCUT2D eigenvalue weighted by Gasteiger charge is 2.29. The van der Waals surface area contributed by atoms with Crippen LogP contribution >= 0.6 is 11.6 Å². The first kappa shape index (κ1) is 21.9. The number of benzene rings is 2. The molecule has 0 amide bonds. The van der Waals surface area contributed by atoms with E-state index < -0.39 is 17.3 Å². The molecule has 0 aliphatic heterocycles. The molecule has 4 aromatic heterocycles. The summed E-state index contributed by atoms with van der Waals surface area (Å²) in [4.78, 5) is 32.3. The fourth-order valence-corrected chi connectivity index (χ4v) is 4.84. The molecule has 2 aromatic carbocycles. The monoisotopic (exact) mass is 503 g/mol. The number of hydrogen-bond acceptors (Lipinski definition) is 5. The largest absolute Gasteiger partial charge is 0.508 e. The Morgan fingerprint density at radius 2 is 2.03 bits per heavy atom. The Kier molecular flexibility index (Phi) is 4.84. The molecular formula is C26H15ClFN3O5. The molecule has 8 nitrogen and oxygen atoms in total. The maximum Gasteiger partial charge on any atom is 0.353 e. The van der Waals surface area contributed by atoms with Crippen molar-refractivity contribution in [1.82, 2.24) is 14.5 Å². The van der Waals surface area contributed by atoms with Gasteiger partial charge in [-0.15, -0.1) is 0 Å². The molecule has 0 bridgehead atoms. The van der Waals surface area contributed by atoms with Crippen LogP contribution in [0.25, 0.3) is 43.9 Å². The van der Waals surface area contributed by atoms with Gasteiger partial charge in [0, 0.05) is 28.8 Å². The number of halogens is 2.